The van der Waals surface area contributed by atoms with Crippen LogP contribution in [0.3, 0.4) is 0 Å². The summed E-state index contributed by atoms with van der Waals surface area (Å²) < 4.78 is -0.695. The first-order valence-corrected chi connectivity index (χ1v) is 11.0. The van der Waals surface area contributed by atoms with Crippen LogP contribution in [0.25, 0.3) is 0 Å². The molecule has 3 unspecified atom stereocenters. The number of halogens is 1. The Hall–Kier alpha value is -1.77. The predicted octanol–water partition coefficient (Wildman–Crippen LogP) is 1.35. The number of nitrogens with zero attached hydrogens (tertiary/aromatic N) is 1. The minimum Gasteiger partial charge on any atom is -0.395 e. The van der Waals surface area contributed by atoms with Gasteiger partial charge in [0.25, 0.3) is 0 Å². The summed E-state index contributed by atoms with van der Waals surface area (Å²) in [4.78, 5) is 40.9. The molecule has 3 aliphatic rings. The number of para-hydroxylation sites is 1. The van der Waals surface area contributed by atoms with Crippen LogP contribution in [-0.2, 0) is 14.4 Å². The van der Waals surface area contributed by atoms with Gasteiger partial charge in [-0.3, -0.25) is 14.4 Å². The Bertz CT molecular complexity index is 868. The van der Waals surface area contributed by atoms with Crippen LogP contribution in [0.1, 0.15) is 13.3 Å². The highest BCUT2D eigenvalue weighted by Crippen LogP contribution is 2.68. The number of benzene rings is 1. The summed E-state index contributed by atoms with van der Waals surface area (Å²) >= 11 is 7.80. The van der Waals surface area contributed by atoms with E-state index in [1.807, 2.05) is 6.92 Å². The van der Waals surface area contributed by atoms with E-state index in [-0.39, 0.29) is 42.0 Å². The van der Waals surface area contributed by atoms with Crippen LogP contribution in [0, 0.1) is 17.8 Å². The molecule has 3 amide bonds. The maximum absolute atomic E-state index is 13.5. The van der Waals surface area contributed by atoms with Gasteiger partial charge in [-0.25, -0.2) is 0 Å². The predicted molar refractivity (Wildman–Crippen MR) is 112 cm³/mol. The first-order chi connectivity index (χ1) is 13.9. The zero-order valence-corrected chi connectivity index (χ0v) is 17.8. The number of aliphatic hydroxyl groups is 1. The van der Waals surface area contributed by atoms with E-state index in [4.69, 9.17) is 11.6 Å². The van der Waals surface area contributed by atoms with E-state index in [0.717, 1.165) is 6.42 Å². The van der Waals surface area contributed by atoms with Gasteiger partial charge < -0.3 is 20.6 Å². The number of anilines is 1. The number of rotatable bonds is 5. The summed E-state index contributed by atoms with van der Waals surface area (Å²) in [6.07, 6.45) is 0.773. The lowest BCUT2D eigenvalue weighted by Gasteiger charge is -2.38. The Labute approximate surface area is 178 Å². The third kappa shape index (κ3) is 2.87. The Morgan fingerprint density at radius 2 is 2.07 bits per heavy atom. The van der Waals surface area contributed by atoms with Crippen molar-refractivity contribution in [2.75, 3.05) is 25.5 Å². The molecule has 0 aromatic heterocycles. The number of thioether (sulfide) groups is 1. The van der Waals surface area contributed by atoms with Crippen molar-refractivity contribution in [2.24, 2.45) is 17.8 Å². The van der Waals surface area contributed by atoms with E-state index in [2.05, 4.69) is 10.6 Å². The number of carbonyl (C=O) groups excluding carboxylic acids is 3. The number of hydrogen-bond donors (Lipinski definition) is 3. The standard InChI is InChI=1S/C20H24ClN3O4S/c1-10-9-13-14(17(26)22-2)15-19(28)24(7-8-25)16(20(10,15)29-13)18(27)23-12-6-4-3-5-11(12)21/h3-6,10,13-16,25H,7-9H2,1-2H3,(H,22,26)(H,23,27)/t10?,13-,14+,15+,16?,20?/m1/s1. The van der Waals surface area contributed by atoms with Gasteiger partial charge in [0.2, 0.25) is 17.7 Å². The average molecular weight is 438 g/mol. The van der Waals surface area contributed by atoms with E-state index in [0.29, 0.717) is 10.7 Å². The van der Waals surface area contributed by atoms with Gasteiger partial charge in [0, 0.05) is 18.8 Å². The maximum Gasteiger partial charge on any atom is 0.248 e. The van der Waals surface area contributed by atoms with Crippen LogP contribution in [0.2, 0.25) is 5.02 Å². The smallest absolute Gasteiger partial charge is 0.248 e. The number of likely N-dealkylation sites (tertiary alicyclic amines) is 1. The molecule has 1 aromatic rings. The summed E-state index contributed by atoms with van der Waals surface area (Å²) in [5, 5.41) is 15.5. The van der Waals surface area contributed by atoms with Gasteiger partial charge in [-0.05, 0) is 24.5 Å². The Kier molecular flexibility index (Phi) is 5.29. The lowest BCUT2D eigenvalue weighted by Crippen LogP contribution is -2.55. The lowest BCUT2D eigenvalue weighted by atomic mass is 9.66. The van der Waals surface area contributed by atoms with Crippen molar-refractivity contribution in [2.45, 2.75) is 29.4 Å². The molecule has 1 aromatic carbocycles. The molecule has 7 nitrogen and oxygen atoms in total. The lowest BCUT2D eigenvalue weighted by molar-refractivity contribution is -0.139. The van der Waals surface area contributed by atoms with E-state index in [1.54, 1.807) is 43.1 Å². The van der Waals surface area contributed by atoms with Crippen molar-refractivity contribution >= 4 is 46.8 Å². The minimum absolute atomic E-state index is 0.00536. The van der Waals surface area contributed by atoms with Gasteiger partial charge in [-0.15, -0.1) is 11.8 Å². The summed E-state index contributed by atoms with van der Waals surface area (Å²) in [6.45, 7) is 1.85. The molecule has 9 heteroatoms. The topological polar surface area (TPSA) is 98.7 Å². The van der Waals surface area contributed by atoms with Crippen LogP contribution in [0.15, 0.2) is 24.3 Å². The van der Waals surface area contributed by atoms with Crippen molar-refractivity contribution in [1.29, 1.82) is 0 Å². The van der Waals surface area contributed by atoms with E-state index < -0.39 is 22.6 Å². The quantitative estimate of drug-likeness (QED) is 0.646. The zero-order chi connectivity index (χ0) is 20.9. The highest BCUT2D eigenvalue weighted by molar-refractivity contribution is 8.02. The largest absolute Gasteiger partial charge is 0.395 e. The van der Waals surface area contributed by atoms with Crippen molar-refractivity contribution in [1.82, 2.24) is 10.2 Å². The Morgan fingerprint density at radius 3 is 2.72 bits per heavy atom. The number of β-amino-alcohol motifs (C(OH)–C–C–N with tert-alkyl or cyclic N) is 1. The molecule has 3 heterocycles. The zero-order valence-electron chi connectivity index (χ0n) is 16.2. The highest BCUT2D eigenvalue weighted by Gasteiger charge is 2.75. The van der Waals surface area contributed by atoms with Crippen LogP contribution in [0.5, 0.6) is 0 Å². The molecule has 6 atom stereocenters. The molecule has 0 radical (unpaired) electrons. The highest BCUT2D eigenvalue weighted by atomic mass is 35.5. The molecule has 1 spiro atoms. The number of carbonyl (C=O) groups is 3. The molecule has 4 rings (SSSR count). The van der Waals surface area contributed by atoms with Gasteiger partial charge in [0.15, 0.2) is 0 Å². The third-order valence-electron chi connectivity index (χ3n) is 6.52. The third-order valence-corrected chi connectivity index (χ3v) is 8.92. The van der Waals surface area contributed by atoms with Crippen molar-refractivity contribution in [3.8, 4) is 0 Å². The fraction of sp³-hybridized carbons (Fsp3) is 0.550. The fourth-order valence-electron chi connectivity index (χ4n) is 5.40. The fourth-order valence-corrected chi connectivity index (χ4v) is 8.00. The van der Waals surface area contributed by atoms with Crippen LogP contribution in [0.4, 0.5) is 5.69 Å². The molecule has 3 aliphatic heterocycles. The second-order valence-corrected chi connectivity index (χ2v) is 9.85. The van der Waals surface area contributed by atoms with Crippen molar-refractivity contribution < 1.29 is 19.5 Å². The summed E-state index contributed by atoms with van der Waals surface area (Å²) in [6, 6.07) is 6.16. The van der Waals surface area contributed by atoms with Gasteiger partial charge >= 0.3 is 0 Å². The molecule has 0 saturated carbocycles. The average Bonchev–Trinajstić information content (AvgIpc) is 3.28. The monoisotopic (exact) mass is 437 g/mol. The van der Waals surface area contributed by atoms with Crippen LogP contribution >= 0.6 is 23.4 Å². The van der Waals surface area contributed by atoms with Gasteiger partial charge in [0.1, 0.15) is 6.04 Å². The molecule has 3 fully saturated rings. The van der Waals surface area contributed by atoms with Crippen molar-refractivity contribution in [3.63, 3.8) is 0 Å². The summed E-state index contributed by atoms with van der Waals surface area (Å²) in [5.74, 6) is -1.68. The second kappa shape index (κ2) is 7.49. The van der Waals surface area contributed by atoms with Crippen LogP contribution in [-0.4, -0.2) is 64.0 Å². The molecule has 156 valence electrons. The number of hydrogen-bond acceptors (Lipinski definition) is 5. The molecule has 3 N–H and O–H groups in total. The SMILES string of the molecule is CNC(=O)[C@@H]1[C@H]2C(=O)N(CCO)C(C(=O)Nc3ccccc3Cl)C23S[C@@H]1CC3C. The molecular weight excluding hydrogens is 414 g/mol. The first-order valence-electron chi connectivity index (χ1n) is 9.73. The molecule has 0 aliphatic carbocycles. The van der Waals surface area contributed by atoms with E-state index in [1.165, 1.54) is 4.90 Å². The van der Waals surface area contributed by atoms with Crippen LogP contribution < -0.4 is 10.6 Å². The Morgan fingerprint density at radius 1 is 1.34 bits per heavy atom. The molecule has 2 bridgehead atoms. The van der Waals surface area contributed by atoms with E-state index >= 15 is 0 Å². The number of fused-ring (bicyclic) bond motifs is 1. The number of nitrogens with one attached hydrogen (secondary N) is 2. The van der Waals surface area contributed by atoms with Gasteiger partial charge in [-0.2, -0.15) is 0 Å². The summed E-state index contributed by atoms with van der Waals surface area (Å²) in [5.41, 5.74) is 0.475. The summed E-state index contributed by atoms with van der Waals surface area (Å²) in [7, 11) is 1.57. The second-order valence-electron chi connectivity index (χ2n) is 7.89. The molecule has 3 saturated heterocycles. The Balaban J connectivity index is 1.75. The van der Waals surface area contributed by atoms with E-state index in [9.17, 15) is 19.5 Å². The minimum atomic E-state index is -0.775. The first kappa shape index (κ1) is 20.5. The normalized spacial score (nSPS) is 35.0. The number of aliphatic hydroxyl groups excluding tert-OH is 1. The van der Waals surface area contributed by atoms with Crippen molar-refractivity contribution in [3.05, 3.63) is 29.3 Å². The number of amides is 3. The maximum atomic E-state index is 13.5. The van der Waals surface area contributed by atoms with Gasteiger partial charge in [0.05, 0.1) is 33.9 Å². The van der Waals surface area contributed by atoms with Gasteiger partial charge in [-0.1, -0.05) is 30.7 Å². The molecule has 29 heavy (non-hydrogen) atoms. The molecular formula is C20H24ClN3O4S.